The third kappa shape index (κ3) is 4.86. The second-order valence-corrected chi connectivity index (χ2v) is 10.3. The van der Waals surface area contributed by atoms with Crippen LogP contribution in [0.5, 0.6) is 17.2 Å². The molecule has 0 saturated carbocycles. The predicted molar refractivity (Wildman–Crippen MR) is 133 cm³/mol. The van der Waals surface area contributed by atoms with Gasteiger partial charge < -0.3 is 59.8 Å². The highest BCUT2D eigenvalue weighted by molar-refractivity contribution is 6.29. The number of fused-ring (bicyclic) bond motifs is 2. The topological polar surface area (TPSA) is 233 Å². The molecule has 0 unspecified atom stereocenters. The Morgan fingerprint density at radius 2 is 1.51 bits per heavy atom. The van der Waals surface area contributed by atoms with Gasteiger partial charge in [0.25, 0.3) is 0 Å². The van der Waals surface area contributed by atoms with E-state index in [0.717, 1.165) is 12.1 Å². The van der Waals surface area contributed by atoms with Crippen LogP contribution in [0.25, 0.3) is 0 Å². The van der Waals surface area contributed by atoms with Gasteiger partial charge >= 0.3 is 0 Å². The number of phenols is 2. The van der Waals surface area contributed by atoms with Crippen molar-refractivity contribution in [2.45, 2.75) is 75.3 Å². The van der Waals surface area contributed by atoms with Gasteiger partial charge in [-0.1, -0.05) is 0 Å². The molecule has 3 aliphatic rings. The van der Waals surface area contributed by atoms with Crippen molar-refractivity contribution >= 4 is 11.6 Å². The van der Waals surface area contributed by atoms with Crippen LogP contribution in [-0.4, -0.2) is 120 Å². The van der Waals surface area contributed by atoms with Gasteiger partial charge in [0.05, 0.1) is 18.3 Å². The number of benzene rings is 2. The Bertz CT molecular complexity index is 1360. The van der Waals surface area contributed by atoms with E-state index < -0.39 is 85.3 Å². The lowest BCUT2D eigenvalue weighted by molar-refractivity contribution is -0.354. The first-order valence-electron chi connectivity index (χ1n) is 12.8. The Hall–Kier alpha value is -3.18. The third-order valence-electron chi connectivity index (χ3n) is 7.64. The van der Waals surface area contributed by atoms with Crippen LogP contribution in [0.4, 0.5) is 0 Å². The Morgan fingerprint density at radius 1 is 0.805 bits per heavy atom. The molecule has 0 spiro atoms. The molecule has 0 bridgehead atoms. The smallest absolute Gasteiger partial charge is 0.229 e. The summed E-state index contributed by atoms with van der Waals surface area (Å²) in [4.78, 5) is 26.4. The first-order valence-corrected chi connectivity index (χ1v) is 12.8. The number of carbonyl (C=O) groups is 2. The van der Waals surface area contributed by atoms with Gasteiger partial charge in [0.15, 0.2) is 24.0 Å². The first-order chi connectivity index (χ1) is 19.3. The van der Waals surface area contributed by atoms with E-state index in [0.29, 0.717) is 0 Å². The molecule has 10 atom stereocenters. The first kappa shape index (κ1) is 29.3. The van der Waals surface area contributed by atoms with Crippen molar-refractivity contribution in [2.75, 3.05) is 6.61 Å². The fourth-order valence-corrected chi connectivity index (χ4v) is 5.17. The highest BCUT2D eigenvalue weighted by Crippen LogP contribution is 2.41. The molecule has 0 amide bonds. The maximum Gasteiger partial charge on any atom is 0.229 e. The van der Waals surface area contributed by atoms with Crippen LogP contribution in [-0.2, 0) is 14.2 Å². The van der Waals surface area contributed by atoms with E-state index in [1.807, 2.05) is 0 Å². The van der Waals surface area contributed by atoms with E-state index in [2.05, 4.69) is 0 Å². The van der Waals surface area contributed by atoms with E-state index in [4.69, 9.17) is 18.9 Å². The molecule has 222 valence electrons. The maximum absolute atomic E-state index is 13.3. The number of rotatable bonds is 5. The summed E-state index contributed by atoms with van der Waals surface area (Å²) < 4.78 is 22.6. The molecule has 2 fully saturated rings. The van der Waals surface area contributed by atoms with Gasteiger partial charge in [-0.2, -0.15) is 0 Å². The van der Waals surface area contributed by atoms with Gasteiger partial charge in [-0.3, -0.25) is 9.59 Å². The highest BCUT2D eigenvalue weighted by atomic mass is 16.8. The number of hydrogen-bond acceptors (Lipinski definition) is 14. The van der Waals surface area contributed by atoms with Crippen molar-refractivity contribution in [3.8, 4) is 17.2 Å². The number of phenolic OH excluding ortho intramolecular Hbond substituents is 2. The van der Waals surface area contributed by atoms with Crippen molar-refractivity contribution in [1.29, 1.82) is 0 Å². The van der Waals surface area contributed by atoms with Gasteiger partial charge in [0.2, 0.25) is 6.29 Å². The van der Waals surface area contributed by atoms with E-state index in [1.54, 1.807) is 0 Å². The SMILES string of the molecule is Cc1c(O[C@@H]2O[C@H](CO)[C@@H](O)[C@H](O)[C@H]2O[C@@H]2O[C@H](C)[C@@H](O)[C@H](O)[C@@H]2O)cc2c(c1O)C(=O)c1ccc(O)cc1C2=O. The number of ketones is 2. The van der Waals surface area contributed by atoms with Gasteiger partial charge in [0.1, 0.15) is 53.9 Å². The summed E-state index contributed by atoms with van der Waals surface area (Å²) in [6.07, 6.45) is -15.7. The zero-order valence-electron chi connectivity index (χ0n) is 21.8. The molecule has 2 aromatic rings. The van der Waals surface area contributed by atoms with Crippen LogP contribution >= 0.6 is 0 Å². The highest BCUT2D eigenvalue weighted by Gasteiger charge is 2.51. The second kappa shape index (κ2) is 10.9. The van der Waals surface area contributed by atoms with E-state index in [9.17, 15) is 50.4 Å². The minimum Gasteiger partial charge on any atom is -0.508 e. The van der Waals surface area contributed by atoms with Gasteiger partial charge in [-0.05, 0) is 38.1 Å². The molecule has 41 heavy (non-hydrogen) atoms. The lowest BCUT2D eigenvalue weighted by atomic mass is 9.82. The quantitative estimate of drug-likeness (QED) is 0.167. The van der Waals surface area contributed by atoms with Crippen LogP contribution in [0, 0.1) is 6.92 Å². The fourth-order valence-electron chi connectivity index (χ4n) is 5.17. The Labute approximate surface area is 232 Å². The second-order valence-electron chi connectivity index (χ2n) is 10.3. The maximum atomic E-state index is 13.3. The van der Waals surface area contributed by atoms with Crippen molar-refractivity contribution in [3.05, 3.63) is 52.1 Å². The molecule has 2 heterocycles. The third-order valence-corrected chi connectivity index (χ3v) is 7.64. The van der Waals surface area contributed by atoms with E-state index in [1.165, 1.54) is 26.0 Å². The molecule has 2 aliphatic heterocycles. The Kier molecular flexibility index (Phi) is 7.80. The summed E-state index contributed by atoms with van der Waals surface area (Å²) >= 11 is 0. The molecule has 0 radical (unpaired) electrons. The zero-order valence-corrected chi connectivity index (χ0v) is 21.8. The molecule has 2 aromatic carbocycles. The number of aliphatic hydroxyl groups excluding tert-OH is 6. The lowest BCUT2D eigenvalue weighted by Crippen LogP contribution is -2.64. The number of hydrogen-bond donors (Lipinski definition) is 8. The molecule has 5 rings (SSSR count). The van der Waals surface area contributed by atoms with Crippen molar-refractivity contribution in [3.63, 3.8) is 0 Å². The lowest BCUT2D eigenvalue weighted by Gasteiger charge is -2.45. The molecule has 8 N–H and O–H groups in total. The average Bonchev–Trinajstić information content (AvgIpc) is 2.94. The number of ether oxygens (including phenoxy) is 4. The van der Waals surface area contributed by atoms with Crippen LogP contribution in [0.3, 0.4) is 0 Å². The van der Waals surface area contributed by atoms with Gasteiger partial charge in [-0.15, -0.1) is 0 Å². The largest absolute Gasteiger partial charge is 0.508 e. The van der Waals surface area contributed by atoms with Crippen LogP contribution in [0.1, 0.15) is 44.3 Å². The van der Waals surface area contributed by atoms with Crippen LogP contribution < -0.4 is 4.74 Å². The van der Waals surface area contributed by atoms with Crippen LogP contribution in [0.15, 0.2) is 24.3 Å². The molecule has 1 aliphatic carbocycles. The van der Waals surface area contributed by atoms with Gasteiger partial charge in [-0.25, -0.2) is 0 Å². The minimum absolute atomic E-state index is 0.00300. The minimum atomic E-state index is -1.80. The number of aliphatic hydroxyl groups is 6. The predicted octanol–water partition coefficient (Wildman–Crippen LogP) is -1.79. The summed E-state index contributed by atoms with van der Waals surface area (Å²) in [6.45, 7) is 2.04. The summed E-state index contributed by atoms with van der Waals surface area (Å²) in [5, 5.41) is 82.3. The van der Waals surface area contributed by atoms with Crippen molar-refractivity contribution < 1.29 is 69.4 Å². The number of carbonyl (C=O) groups excluding carboxylic acids is 2. The molecular formula is C27H30O14. The monoisotopic (exact) mass is 578 g/mol. The molecule has 14 nitrogen and oxygen atoms in total. The summed E-state index contributed by atoms with van der Waals surface area (Å²) in [5.41, 5.74) is -0.626. The number of aromatic hydroxyl groups is 2. The Balaban J connectivity index is 1.50. The van der Waals surface area contributed by atoms with Crippen molar-refractivity contribution in [1.82, 2.24) is 0 Å². The molecule has 14 heteroatoms. The molecular weight excluding hydrogens is 548 g/mol. The van der Waals surface area contributed by atoms with Crippen molar-refractivity contribution in [2.24, 2.45) is 0 Å². The normalized spacial score (nSPS) is 35.1. The van der Waals surface area contributed by atoms with Gasteiger partial charge in [0, 0.05) is 22.3 Å². The van der Waals surface area contributed by atoms with Crippen LogP contribution in [0.2, 0.25) is 0 Å². The summed E-state index contributed by atoms with van der Waals surface area (Å²) in [5.74, 6) is -2.36. The standard InChI is InChI=1S/C27H30O14/c1-8-14(6-13-16(17(8)30)20(33)11-4-3-10(29)5-12(11)19(13)32)39-27-25(23(36)21(34)15(7-28)40-27)41-26-24(37)22(35)18(31)9(2)38-26/h3-6,9,15,18,21-31,34-37H,7H2,1-2H3/t9-,15-,18-,21-,22+,23+,24+,25-,26+,27-/m1/s1. The average molecular weight is 579 g/mol. The van der Waals surface area contributed by atoms with E-state index in [-0.39, 0.29) is 39.3 Å². The van der Waals surface area contributed by atoms with E-state index >= 15 is 0 Å². The fraction of sp³-hybridized carbons (Fsp3) is 0.481. The zero-order chi connectivity index (χ0) is 29.9. The summed E-state index contributed by atoms with van der Waals surface area (Å²) in [6, 6.07) is 4.79. The summed E-state index contributed by atoms with van der Waals surface area (Å²) in [7, 11) is 0. The Morgan fingerprint density at radius 3 is 2.20 bits per heavy atom. The molecule has 0 aromatic heterocycles. The molecule has 2 saturated heterocycles.